The Hall–Kier alpha value is -2.12. The van der Waals surface area contributed by atoms with Gasteiger partial charge in [0.2, 0.25) is 5.16 Å². The number of nitrogens with one attached hydrogen (secondary N) is 1. The number of nitrogens with zero attached hydrogens (tertiary/aromatic N) is 2. The number of H-pyrrole nitrogens is 1. The zero-order valence-corrected chi connectivity index (χ0v) is 16.9. The quantitative estimate of drug-likeness (QED) is 0.432. The molecule has 1 heterocycles. The average Bonchev–Trinajstić information content (AvgIpc) is 3.09. The highest BCUT2D eigenvalue weighted by atomic mass is 79.9. The first-order valence-electron chi connectivity index (χ1n) is 8.04. The van der Waals surface area contributed by atoms with Gasteiger partial charge in [0.15, 0.2) is 11.6 Å². The van der Waals surface area contributed by atoms with Gasteiger partial charge in [0.1, 0.15) is 12.4 Å². The van der Waals surface area contributed by atoms with E-state index in [9.17, 15) is 4.79 Å². The summed E-state index contributed by atoms with van der Waals surface area (Å²) in [5.41, 5.74) is 2.82. The minimum atomic E-state index is 0.0775. The van der Waals surface area contributed by atoms with Gasteiger partial charge < -0.3 is 4.74 Å². The lowest BCUT2D eigenvalue weighted by molar-refractivity contribution is 0.102. The number of aromatic amines is 1. The highest BCUT2D eigenvalue weighted by molar-refractivity contribution is 9.10. The van der Waals surface area contributed by atoms with Crippen LogP contribution in [0.4, 0.5) is 0 Å². The third-order valence-electron chi connectivity index (χ3n) is 3.73. The molecule has 26 heavy (non-hydrogen) atoms. The molecule has 0 aliphatic heterocycles. The predicted molar refractivity (Wildman–Crippen MR) is 106 cm³/mol. The molecular formula is C19H18BrN3O2S. The zero-order valence-electron chi connectivity index (χ0n) is 14.5. The van der Waals surface area contributed by atoms with Crippen molar-refractivity contribution in [3.8, 4) is 5.75 Å². The van der Waals surface area contributed by atoms with E-state index in [0.29, 0.717) is 23.3 Å². The molecule has 134 valence electrons. The van der Waals surface area contributed by atoms with Crippen LogP contribution in [0.1, 0.15) is 27.3 Å². The molecule has 5 nitrogen and oxygen atoms in total. The van der Waals surface area contributed by atoms with E-state index in [-0.39, 0.29) is 5.78 Å². The molecule has 2 aromatic carbocycles. The molecule has 0 atom stereocenters. The number of benzene rings is 2. The van der Waals surface area contributed by atoms with Gasteiger partial charge in [-0.1, -0.05) is 45.4 Å². The van der Waals surface area contributed by atoms with Crippen molar-refractivity contribution in [1.29, 1.82) is 0 Å². The van der Waals surface area contributed by atoms with Gasteiger partial charge in [-0.3, -0.25) is 9.89 Å². The number of hydrogen-bond donors (Lipinski definition) is 1. The Morgan fingerprint density at radius 3 is 2.73 bits per heavy atom. The third-order valence-corrected chi connectivity index (χ3v) is 5.10. The summed E-state index contributed by atoms with van der Waals surface area (Å²) in [4.78, 5) is 16.8. The highest BCUT2D eigenvalue weighted by Crippen LogP contribution is 2.19. The van der Waals surface area contributed by atoms with Crippen LogP contribution in [-0.4, -0.2) is 26.7 Å². The zero-order chi connectivity index (χ0) is 18.5. The van der Waals surface area contributed by atoms with Gasteiger partial charge in [0.25, 0.3) is 0 Å². The second-order valence-electron chi connectivity index (χ2n) is 5.84. The van der Waals surface area contributed by atoms with Gasteiger partial charge in [-0.15, -0.1) is 5.10 Å². The van der Waals surface area contributed by atoms with E-state index in [1.165, 1.54) is 11.8 Å². The second-order valence-corrected chi connectivity index (χ2v) is 7.70. The Kier molecular flexibility index (Phi) is 6.11. The summed E-state index contributed by atoms with van der Waals surface area (Å²) < 4.78 is 6.65. The van der Waals surface area contributed by atoms with E-state index in [2.05, 4.69) is 31.1 Å². The van der Waals surface area contributed by atoms with Crippen molar-refractivity contribution in [2.75, 3.05) is 5.75 Å². The minimum Gasteiger partial charge on any atom is -0.486 e. The Morgan fingerprint density at radius 1 is 1.19 bits per heavy atom. The largest absolute Gasteiger partial charge is 0.486 e. The average molecular weight is 432 g/mol. The molecule has 3 aromatic rings. The van der Waals surface area contributed by atoms with Crippen LogP contribution in [0, 0.1) is 13.8 Å². The first-order valence-corrected chi connectivity index (χ1v) is 9.82. The van der Waals surface area contributed by atoms with Crippen molar-refractivity contribution in [1.82, 2.24) is 15.2 Å². The maximum atomic E-state index is 12.4. The van der Waals surface area contributed by atoms with E-state index >= 15 is 0 Å². The van der Waals surface area contributed by atoms with Gasteiger partial charge in [-0.05, 0) is 49.7 Å². The third kappa shape index (κ3) is 4.95. The van der Waals surface area contributed by atoms with Crippen LogP contribution in [0.2, 0.25) is 0 Å². The number of carbonyl (C=O) groups excluding carboxylic acids is 1. The van der Waals surface area contributed by atoms with Crippen LogP contribution < -0.4 is 4.74 Å². The lowest BCUT2D eigenvalue weighted by Crippen LogP contribution is -2.05. The maximum absolute atomic E-state index is 12.4. The predicted octanol–water partition coefficient (Wildman–Crippen LogP) is 4.74. The Labute approximate surface area is 164 Å². The van der Waals surface area contributed by atoms with Crippen LogP contribution in [-0.2, 0) is 6.61 Å². The molecule has 7 heteroatoms. The van der Waals surface area contributed by atoms with Gasteiger partial charge in [0.05, 0.1) is 5.75 Å². The number of hydrogen-bond acceptors (Lipinski definition) is 5. The Bertz CT molecular complexity index is 909. The maximum Gasteiger partial charge on any atom is 0.208 e. The first-order chi connectivity index (χ1) is 12.5. The number of carbonyl (C=O) groups is 1. The number of ether oxygens (including phenoxy) is 1. The summed E-state index contributed by atoms with van der Waals surface area (Å²) in [6.07, 6.45) is 0. The second kappa shape index (κ2) is 8.51. The standard InChI is InChI=1S/C19H18BrN3O2S/c1-12-3-4-13(2)16(9-12)17(24)11-26-19-21-18(22-23-19)10-25-15-7-5-14(20)6-8-15/h3-9H,10-11H2,1-2H3,(H,21,22,23). The molecule has 0 fully saturated rings. The molecule has 0 amide bonds. The number of aryl methyl sites for hydroxylation is 2. The Balaban J connectivity index is 1.54. The van der Waals surface area contributed by atoms with Crippen LogP contribution in [0.15, 0.2) is 52.1 Å². The highest BCUT2D eigenvalue weighted by Gasteiger charge is 2.12. The minimum absolute atomic E-state index is 0.0775. The van der Waals surface area contributed by atoms with Crippen LogP contribution in [0.25, 0.3) is 0 Å². The van der Waals surface area contributed by atoms with Crippen molar-refractivity contribution in [3.63, 3.8) is 0 Å². The molecular weight excluding hydrogens is 414 g/mol. The van der Waals surface area contributed by atoms with Crippen LogP contribution in [0.3, 0.4) is 0 Å². The number of rotatable bonds is 7. The number of halogens is 1. The first kappa shape index (κ1) is 18.7. The van der Waals surface area contributed by atoms with E-state index in [0.717, 1.165) is 26.9 Å². The van der Waals surface area contributed by atoms with Gasteiger partial charge in [-0.2, -0.15) is 0 Å². The summed E-state index contributed by atoms with van der Waals surface area (Å²) in [5, 5.41) is 7.52. The molecule has 0 bridgehead atoms. The van der Waals surface area contributed by atoms with Crippen molar-refractivity contribution >= 4 is 33.5 Å². The fraction of sp³-hybridized carbons (Fsp3) is 0.211. The fourth-order valence-corrected chi connectivity index (χ4v) is 3.30. The molecule has 0 aliphatic carbocycles. The SMILES string of the molecule is Cc1ccc(C)c(C(=O)CSc2n[nH]c(COc3ccc(Br)cc3)n2)c1. The van der Waals surface area contributed by atoms with Gasteiger partial charge >= 0.3 is 0 Å². The molecule has 0 unspecified atom stereocenters. The van der Waals surface area contributed by atoms with E-state index < -0.39 is 0 Å². The summed E-state index contributed by atoms with van der Waals surface area (Å²) in [6, 6.07) is 13.5. The summed E-state index contributed by atoms with van der Waals surface area (Å²) in [5.74, 6) is 1.75. The summed E-state index contributed by atoms with van der Waals surface area (Å²) in [6.45, 7) is 4.22. The van der Waals surface area contributed by atoms with Crippen molar-refractivity contribution in [3.05, 3.63) is 69.5 Å². The summed E-state index contributed by atoms with van der Waals surface area (Å²) in [7, 11) is 0. The number of Topliss-reactive ketones (excluding diaryl/α,β-unsaturated/α-hetero) is 1. The number of ketones is 1. The number of thioether (sulfide) groups is 1. The lowest BCUT2D eigenvalue weighted by atomic mass is 10.0. The molecule has 1 N–H and O–H groups in total. The lowest BCUT2D eigenvalue weighted by Gasteiger charge is -2.05. The molecule has 0 saturated heterocycles. The van der Waals surface area contributed by atoms with Crippen LogP contribution >= 0.6 is 27.7 Å². The molecule has 0 spiro atoms. The molecule has 1 aromatic heterocycles. The van der Waals surface area contributed by atoms with Crippen molar-refractivity contribution in [2.24, 2.45) is 0 Å². The topological polar surface area (TPSA) is 67.9 Å². The smallest absolute Gasteiger partial charge is 0.208 e. The fourth-order valence-electron chi connectivity index (χ4n) is 2.33. The van der Waals surface area contributed by atoms with E-state index in [1.807, 2.05) is 56.3 Å². The normalized spacial score (nSPS) is 10.7. The van der Waals surface area contributed by atoms with Crippen molar-refractivity contribution < 1.29 is 9.53 Å². The Morgan fingerprint density at radius 2 is 1.96 bits per heavy atom. The van der Waals surface area contributed by atoms with Gasteiger partial charge in [-0.25, -0.2) is 4.98 Å². The molecule has 0 radical (unpaired) electrons. The molecule has 3 rings (SSSR count). The molecule has 0 aliphatic rings. The van der Waals surface area contributed by atoms with Gasteiger partial charge in [0, 0.05) is 10.0 Å². The number of aromatic nitrogens is 3. The van der Waals surface area contributed by atoms with E-state index in [4.69, 9.17) is 4.74 Å². The van der Waals surface area contributed by atoms with Crippen LogP contribution in [0.5, 0.6) is 5.75 Å². The summed E-state index contributed by atoms with van der Waals surface area (Å²) >= 11 is 4.70. The van der Waals surface area contributed by atoms with E-state index in [1.54, 1.807) is 0 Å². The van der Waals surface area contributed by atoms with Crippen molar-refractivity contribution in [2.45, 2.75) is 25.6 Å². The molecule has 0 saturated carbocycles. The monoisotopic (exact) mass is 431 g/mol.